The third-order valence-electron chi connectivity index (χ3n) is 8.56. The smallest absolute Gasteiger partial charge is 0.260 e. The van der Waals surface area contributed by atoms with Gasteiger partial charge in [0.1, 0.15) is 12.1 Å². The van der Waals surface area contributed by atoms with Crippen molar-refractivity contribution >= 4 is 11.7 Å². The van der Waals surface area contributed by atoms with Crippen molar-refractivity contribution in [2.75, 3.05) is 11.4 Å². The molecule has 7 rings (SSSR count). The van der Waals surface area contributed by atoms with E-state index in [1.807, 2.05) is 47.7 Å². The van der Waals surface area contributed by atoms with Gasteiger partial charge in [0.15, 0.2) is 5.82 Å². The van der Waals surface area contributed by atoms with Gasteiger partial charge in [0.05, 0.1) is 29.6 Å². The Morgan fingerprint density at radius 2 is 1.93 bits per heavy atom. The SMILES string of the molecule is Cn1cnnc1-c1cnn(C)c1-c1cc(C2CC2)nc(N2Cc3ccc(CNCC4(O)CCCC4)cc3C2=O)c1. The van der Waals surface area contributed by atoms with Crippen LogP contribution in [0.5, 0.6) is 0 Å². The summed E-state index contributed by atoms with van der Waals surface area (Å²) < 4.78 is 3.73. The lowest BCUT2D eigenvalue weighted by molar-refractivity contribution is 0.0474. The Hall–Kier alpha value is -3.89. The Morgan fingerprint density at radius 3 is 2.67 bits per heavy atom. The molecule has 10 heteroatoms. The number of carbonyl (C=O) groups excluding carboxylic acids is 1. The standard InChI is InChI=1S/C30H34N8O2/c1-36-18-32-35-28(36)24-15-33-37(2)27(24)22-12-25(20-7-8-20)34-26(13-22)38-16-21-6-5-19(11-23(21)29(38)39)14-31-17-30(40)9-3-4-10-30/h5-6,11-13,15,18,20,31,40H,3-4,7-10,14,16-17H2,1-2H3. The highest BCUT2D eigenvalue weighted by atomic mass is 16.3. The van der Waals surface area contributed by atoms with Crippen LogP contribution in [0.3, 0.4) is 0 Å². The monoisotopic (exact) mass is 538 g/mol. The second-order valence-electron chi connectivity index (χ2n) is 11.6. The maximum absolute atomic E-state index is 13.7. The van der Waals surface area contributed by atoms with Gasteiger partial charge in [-0.05, 0) is 55.0 Å². The number of benzene rings is 1. The summed E-state index contributed by atoms with van der Waals surface area (Å²) in [5, 5.41) is 26.9. The first kappa shape index (κ1) is 25.1. The molecule has 0 bridgehead atoms. The van der Waals surface area contributed by atoms with Crippen LogP contribution in [0.15, 0.2) is 42.9 Å². The fourth-order valence-electron chi connectivity index (χ4n) is 6.16. The van der Waals surface area contributed by atoms with Crippen LogP contribution in [-0.4, -0.2) is 52.7 Å². The van der Waals surface area contributed by atoms with E-state index in [0.29, 0.717) is 31.4 Å². The van der Waals surface area contributed by atoms with Gasteiger partial charge in [-0.3, -0.25) is 14.4 Å². The third kappa shape index (κ3) is 4.50. The van der Waals surface area contributed by atoms with Gasteiger partial charge in [-0.25, -0.2) is 4.98 Å². The van der Waals surface area contributed by atoms with Crippen molar-refractivity contribution in [3.05, 3.63) is 65.2 Å². The van der Waals surface area contributed by atoms with Crippen LogP contribution >= 0.6 is 0 Å². The molecule has 3 aromatic heterocycles. The minimum absolute atomic E-state index is 0.0313. The van der Waals surface area contributed by atoms with Crippen molar-refractivity contribution in [2.24, 2.45) is 14.1 Å². The summed E-state index contributed by atoms with van der Waals surface area (Å²) in [6.07, 6.45) is 9.58. The molecule has 40 heavy (non-hydrogen) atoms. The number of aliphatic hydroxyl groups is 1. The Labute approximate surface area is 233 Å². The summed E-state index contributed by atoms with van der Waals surface area (Å²) in [6, 6.07) is 10.2. The van der Waals surface area contributed by atoms with Gasteiger partial charge in [0.2, 0.25) is 0 Å². The summed E-state index contributed by atoms with van der Waals surface area (Å²) in [7, 11) is 3.84. The summed E-state index contributed by atoms with van der Waals surface area (Å²) >= 11 is 0. The average Bonchev–Trinajstić information content (AvgIpc) is 3.19. The van der Waals surface area contributed by atoms with Gasteiger partial charge in [-0.1, -0.05) is 25.0 Å². The highest BCUT2D eigenvalue weighted by Crippen LogP contribution is 2.43. The van der Waals surface area contributed by atoms with Gasteiger partial charge in [0.25, 0.3) is 5.91 Å². The Morgan fingerprint density at radius 1 is 1.10 bits per heavy atom. The second kappa shape index (κ2) is 9.64. The molecule has 4 heterocycles. The fourth-order valence-corrected chi connectivity index (χ4v) is 6.16. The maximum Gasteiger partial charge on any atom is 0.260 e. The largest absolute Gasteiger partial charge is 0.389 e. The predicted molar refractivity (Wildman–Crippen MR) is 150 cm³/mol. The van der Waals surface area contributed by atoms with Gasteiger partial charge >= 0.3 is 0 Å². The number of aromatic nitrogens is 6. The first-order chi connectivity index (χ1) is 19.4. The lowest BCUT2D eigenvalue weighted by atomic mass is 10.0. The molecular formula is C30H34N8O2. The zero-order valence-corrected chi connectivity index (χ0v) is 23.0. The van der Waals surface area contributed by atoms with Gasteiger partial charge in [0, 0.05) is 49.9 Å². The van der Waals surface area contributed by atoms with Crippen LogP contribution in [0.4, 0.5) is 5.82 Å². The summed E-state index contributed by atoms with van der Waals surface area (Å²) in [5.41, 5.74) is 5.95. The predicted octanol–water partition coefficient (Wildman–Crippen LogP) is 3.71. The first-order valence-electron chi connectivity index (χ1n) is 14.1. The second-order valence-corrected chi connectivity index (χ2v) is 11.6. The Kier molecular flexibility index (Phi) is 6.05. The van der Waals surface area contributed by atoms with E-state index in [4.69, 9.17) is 4.98 Å². The summed E-state index contributed by atoms with van der Waals surface area (Å²) in [5.74, 6) is 1.78. The van der Waals surface area contributed by atoms with Crippen LogP contribution in [0.1, 0.15) is 71.6 Å². The van der Waals surface area contributed by atoms with E-state index < -0.39 is 5.60 Å². The fraction of sp³-hybridized carbons (Fsp3) is 0.433. The minimum atomic E-state index is -0.597. The van der Waals surface area contributed by atoms with Crippen LogP contribution in [0.2, 0.25) is 0 Å². The molecule has 1 aliphatic heterocycles. The van der Waals surface area contributed by atoms with Crippen molar-refractivity contribution in [1.29, 1.82) is 0 Å². The molecule has 2 aliphatic carbocycles. The molecular weight excluding hydrogens is 504 g/mol. The molecule has 1 amide bonds. The van der Waals surface area contributed by atoms with E-state index >= 15 is 0 Å². The number of anilines is 1. The van der Waals surface area contributed by atoms with Crippen LogP contribution < -0.4 is 10.2 Å². The average molecular weight is 539 g/mol. The van der Waals surface area contributed by atoms with Crippen molar-refractivity contribution in [3.63, 3.8) is 0 Å². The molecule has 0 atom stereocenters. The molecule has 3 aliphatic rings. The van der Waals surface area contributed by atoms with E-state index in [2.05, 4.69) is 32.7 Å². The van der Waals surface area contributed by atoms with Crippen molar-refractivity contribution in [3.8, 4) is 22.6 Å². The molecule has 0 radical (unpaired) electrons. The molecule has 2 saturated carbocycles. The van der Waals surface area contributed by atoms with Gasteiger partial charge in [-0.2, -0.15) is 5.10 Å². The van der Waals surface area contributed by atoms with Crippen LogP contribution in [0.25, 0.3) is 22.6 Å². The van der Waals surface area contributed by atoms with Gasteiger partial charge in [-0.15, -0.1) is 10.2 Å². The van der Waals surface area contributed by atoms with Crippen LogP contribution in [0, 0.1) is 0 Å². The zero-order chi connectivity index (χ0) is 27.4. The molecule has 2 N–H and O–H groups in total. The highest BCUT2D eigenvalue weighted by molar-refractivity contribution is 6.09. The normalized spacial score (nSPS) is 18.1. The molecule has 0 spiro atoms. The number of hydrogen-bond acceptors (Lipinski definition) is 7. The molecule has 206 valence electrons. The van der Waals surface area contributed by atoms with E-state index in [9.17, 15) is 9.90 Å². The lowest BCUT2D eigenvalue weighted by Crippen LogP contribution is -2.37. The number of rotatable bonds is 8. The first-order valence-corrected chi connectivity index (χ1v) is 14.1. The molecule has 10 nitrogen and oxygen atoms in total. The van der Waals surface area contributed by atoms with E-state index in [0.717, 1.165) is 83.6 Å². The topological polar surface area (TPSA) is 114 Å². The van der Waals surface area contributed by atoms with Crippen molar-refractivity contribution in [1.82, 2.24) is 34.8 Å². The number of amides is 1. The molecule has 0 saturated heterocycles. The van der Waals surface area contributed by atoms with Crippen molar-refractivity contribution in [2.45, 2.75) is 63.1 Å². The molecule has 1 aromatic carbocycles. The lowest BCUT2D eigenvalue weighted by Gasteiger charge is -2.22. The van der Waals surface area contributed by atoms with Crippen LogP contribution in [-0.2, 0) is 27.2 Å². The molecule has 0 unspecified atom stereocenters. The highest BCUT2D eigenvalue weighted by Gasteiger charge is 2.33. The number of hydrogen-bond donors (Lipinski definition) is 2. The third-order valence-corrected chi connectivity index (χ3v) is 8.56. The van der Waals surface area contributed by atoms with Crippen molar-refractivity contribution < 1.29 is 9.90 Å². The number of nitrogens with zero attached hydrogens (tertiary/aromatic N) is 7. The van der Waals surface area contributed by atoms with E-state index in [1.54, 1.807) is 11.2 Å². The number of carbonyl (C=O) groups is 1. The van der Waals surface area contributed by atoms with Gasteiger partial charge < -0.3 is 15.0 Å². The van der Waals surface area contributed by atoms with E-state index in [1.165, 1.54) is 0 Å². The number of pyridine rings is 1. The Bertz CT molecular complexity index is 1590. The minimum Gasteiger partial charge on any atom is -0.389 e. The quantitative estimate of drug-likeness (QED) is 0.352. The maximum atomic E-state index is 13.7. The summed E-state index contributed by atoms with van der Waals surface area (Å²) in [4.78, 5) is 20.5. The Balaban J connectivity index is 1.18. The molecule has 2 fully saturated rings. The number of aryl methyl sites for hydroxylation is 2. The number of nitrogens with one attached hydrogen (secondary N) is 1. The number of fused-ring (bicyclic) bond motifs is 1. The zero-order valence-electron chi connectivity index (χ0n) is 23.0. The van der Waals surface area contributed by atoms with E-state index in [-0.39, 0.29) is 5.91 Å². The molecule has 4 aromatic rings. The summed E-state index contributed by atoms with van der Waals surface area (Å²) in [6.45, 7) is 1.69.